The smallest absolute Gasteiger partial charge is 0.273 e. The van der Waals surface area contributed by atoms with E-state index in [4.69, 9.17) is 16.3 Å². The maximum atomic E-state index is 11.4. The fraction of sp³-hybridized carbons (Fsp3) is 0.333. The van der Waals surface area contributed by atoms with Gasteiger partial charge in [-0.25, -0.2) is 15.0 Å². The average Bonchev–Trinajstić information content (AvgIpc) is 3.22. The van der Waals surface area contributed by atoms with Gasteiger partial charge in [0.15, 0.2) is 5.78 Å². The van der Waals surface area contributed by atoms with Crippen LogP contribution in [0, 0.1) is 5.92 Å². The lowest BCUT2D eigenvalue weighted by atomic mass is 9.98. The third kappa shape index (κ3) is 4.92. The number of benzene rings is 1. The van der Waals surface area contributed by atoms with Crippen molar-refractivity contribution in [2.24, 2.45) is 5.92 Å². The number of thiazole rings is 1. The van der Waals surface area contributed by atoms with Crippen LogP contribution in [-0.4, -0.2) is 40.4 Å². The number of Topliss-reactive ketones (excluding diaryl/α,β-unsaturated/α-hetero) is 1. The van der Waals surface area contributed by atoms with Crippen molar-refractivity contribution in [3.63, 3.8) is 0 Å². The Balaban J connectivity index is 1.28. The summed E-state index contributed by atoms with van der Waals surface area (Å²) in [6.07, 6.45) is 7.14. The van der Waals surface area contributed by atoms with Crippen molar-refractivity contribution in [2.45, 2.75) is 19.8 Å². The third-order valence-corrected chi connectivity index (χ3v) is 6.16. The number of rotatable bonds is 6. The molecule has 150 valence electrons. The van der Waals surface area contributed by atoms with Gasteiger partial charge in [0.2, 0.25) is 5.95 Å². The van der Waals surface area contributed by atoms with Crippen LogP contribution >= 0.6 is 22.9 Å². The molecule has 8 heteroatoms. The van der Waals surface area contributed by atoms with Crippen molar-refractivity contribution in [1.82, 2.24) is 15.0 Å². The number of ketones is 1. The van der Waals surface area contributed by atoms with Gasteiger partial charge in [-0.1, -0.05) is 47.2 Å². The number of hydrogen-bond donors (Lipinski definition) is 0. The minimum absolute atomic E-state index is 0.0681. The molecular formula is C21H21ClN4O2S. The van der Waals surface area contributed by atoms with Crippen LogP contribution in [-0.2, 0) is 0 Å². The molecule has 1 fully saturated rings. The lowest BCUT2D eigenvalue weighted by Gasteiger charge is -2.31. The van der Waals surface area contributed by atoms with Gasteiger partial charge in [-0.2, -0.15) is 0 Å². The van der Waals surface area contributed by atoms with E-state index in [1.807, 2.05) is 30.5 Å². The predicted octanol–water partition coefficient (Wildman–Crippen LogP) is 4.75. The van der Waals surface area contributed by atoms with Crippen molar-refractivity contribution < 1.29 is 9.53 Å². The molecule has 0 unspecified atom stereocenters. The summed E-state index contributed by atoms with van der Waals surface area (Å²) in [7, 11) is 0. The molecule has 0 bridgehead atoms. The third-order valence-electron chi connectivity index (χ3n) is 5.01. The molecule has 0 amide bonds. The van der Waals surface area contributed by atoms with E-state index in [1.165, 1.54) is 11.3 Å². The van der Waals surface area contributed by atoms with Gasteiger partial charge < -0.3 is 9.64 Å². The summed E-state index contributed by atoms with van der Waals surface area (Å²) < 4.78 is 5.95. The Morgan fingerprint density at radius 1 is 1.14 bits per heavy atom. The maximum Gasteiger partial charge on any atom is 0.273 e. The van der Waals surface area contributed by atoms with Crippen molar-refractivity contribution in [3.05, 3.63) is 53.4 Å². The Bertz CT molecular complexity index is 967. The first-order valence-electron chi connectivity index (χ1n) is 9.51. The number of aromatic nitrogens is 3. The fourth-order valence-corrected chi connectivity index (χ4v) is 4.16. The van der Waals surface area contributed by atoms with Gasteiger partial charge in [-0.05, 0) is 31.2 Å². The van der Waals surface area contributed by atoms with Crippen LogP contribution in [0.4, 0.5) is 5.95 Å². The topological polar surface area (TPSA) is 68.2 Å². The van der Waals surface area contributed by atoms with Crippen LogP contribution in [0.2, 0.25) is 5.02 Å². The molecule has 4 rings (SSSR count). The SMILES string of the molecule is CC(=O)c1ccc(-c2cnc(OCC3CCN(c4ncc(Cl)cn4)CC3)s2)cc1. The Hall–Kier alpha value is -2.51. The molecular weight excluding hydrogens is 408 g/mol. The number of halogens is 1. The van der Waals surface area contributed by atoms with Gasteiger partial charge in [0.25, 0.3) is 5.19 Å². The second-order valence-electron chi connectivity index (χ2n) is 7.07. The molecule has 0 N–H and O–H groups in total. The van der Waals surface area contributed by atoms with Crippen LogP contribution in [0.5, 0.6) is 5.19 Å². The molecule has 1 aromatic carbocycles. The van der Waals surface area contributed by atoms with E-state index in [0.29, 0.717) is 28.3 Å². The van der Waals surface area contributed by atoms with Gasteiger partial charge in [-0.15, -0.1) is 0 Å². The van der Waals surface area contributed by atoms with Gasteiger partial charge in [-0.3, -0.25) is 4.79 Å². The molecule has 6 nitrogen and oxygen atoms in total. The second kappa shape index (κ2) is 8.88. The molecule has 2 aromatic heterocycles. The minimum Gasteiger partial charge on any atom is -0.470 e. The highest BCUT2D eigenvalue weighted by atomic mass is 35.5. The second-order valence-corrected chi connectivity index (χ2v) is 8.50. The van der Waals surface area contributed by atoms with E-state index in [2.05, 4.69) is 19.9 Å². The molecule has 3 heterocycles. The first-order chi connectivity index (χ1) is 14.1. The quantitative estimate of drug-likeness (QED) is 0.527. The number of ether oxygens (including phenoxy) is 1. The Labute approximate surface area is 178 Å². The summed E-state index contributed by atoms with van der Waals surface area (Å²) >= 11 is 7.38. The lowest BCUT2D eigenvalue weighted by molar-refractivity contribution is 0.101. The monoisotopic (exact) mass is 428 g/mol. The number of carbonyl (C=O) groups excluding carboxylic acids is 1. The highest BCUT2D eigenvalue weighted by Gasteiger charge is 2.22. The minimum atomic E-state index is 0.0681. The van der Waals surface area contributed by atoms with Crippen LogP contribution < -0.4 is 9.64 Å². The Morgan fingerprint density at radius 2 is 1.83 bits per heavy atom. The standard InChI is InChI=1S/C21H21ClN4O2S/c1-14(27)16-2-4-17(5-3-16)19-12-25-21(29-19)28-13-15-6-8-26(9-7-15)20-23-10-18(22)11-24-20/h2-5,10-12,15H,6-9,13H2,1H3. The zero-order valence-electron chi connectivity index (χ0n) is 16.0. The van der Waals surface area contributed by atoms with Crippen LogP contribution in [0.25, 0.3) is 10.4 Å². The van der Waals surface area contributed by atoms with Crippen molar-refractivity contribution in [1.29, 1.82) is 0 Å². The molecule has 1 aliphatic heterocycles. The van der Waals surface area contributed by atoms with Crippen LogP contribution in [0.3, 0.4) is 0 Å². The van der Waals surface area contributed by atoms with E-state index >= 15 is 0 Å². The van der Waals surface area contributed by atoms with Crippen molar-refractivity contribution >= 4 is 34.7 Å². The molecule has 3 aromatic rings. The predicted molar refractivity (Wildman–Crippen MR) is 115 cm³/mol. The summed E-state index contributed by atoms with van der Waals surface area (Å²) in [4.78, 5) is 27.6. The van der Waals surface area contributed by atoms with Crippen molar-refractivity contribution in [2.75, 3.05) is 24.6 Å². The summed E-state index contributed by atoms with van der Waals surface area (Å²) in [5.41, 5.74) is 1.75. The molecule has 29 heavy (non-hydrogen) atoms. The summed E-state index contributed by atoms with van der Waals surface area (Å²) in [5, 5.41) is 1.23. The first-order valence-corrected chi connectivity index (χ1v) is 10.7. The molecule has 0 saturated carbocycles. The summed E-state index contributed by atoms with van der Waals surface area (Å²) in [5.74, 6) is 1.29. The van der Waals surface area contributed by atoms with Crippen LogP contribution in [0.1, 0.15) is 30.1 Å². The molecule has 0 radical (unpaired) electrons. The molecule has 1 aliphatic rings. The molecule has 0 spiro atoms. The highest BCUT2D eigenvalue weighted by molar-refractivity contribution is 7.16. The number of hydrogen-bond acceptors (Lipinski definition) is 7. The number of anilines is 1. The average molecular weight is 429 g/mol. The van der Waals surface area contributed by atoms with E-state index in [9.17, 15) is 4.79 Å². The van der Waals surface area contributed by atoms with Gasteiger partial charge in [0, 0.05) is 24.8 Å². The van der Waals surface area contributed by atoms with Crippen molar-refractivity contribution in [3.8, 4) is 15.6 Å². The summed E-state index contributed by atoms with van der Waals surface area (Å²) in [6, 6.07) is 7.58. The Morgan fingerprint density at radius 3 is 2.48 bits per heavy atom. The largest absolute Gasteiger partial charge is 0.470 e. The van der Waals surface area contributed by atoms with E-state index in [0.717, 1.165) is 42.3 Å². The zero-order chi connectivity index (χ0) is 20.2. The normalized spacial score (nSPS) is 14.8. The highest BCUT2D eigenvalue weighted by Crippen LogP contribution is 2.31. The summed E-state index contributed by atoms with van der Waals surface area (Å²) in [6.45, 7) is 4.04. The molecule has 0 atom stereocenters. The van der Waals surface area contributed by atoms with E-state index in [-0.39, 0.29) is 5.78 Å². The van der Waals surface area contributed by atoms with E-state index in [1.54, 1.807) is 19.3 Å². The zero-order valence-corrected chi connectivity index (χ0v) is 17.6. The number of carbonyl (C=O) groups is 1. The van der Waals surface area contributed by atoms with Gasteiger partial charge in [0.1, 0.15) is 0 Å². The van der Waals surface area contributed by atoms with Gasteiger partial charge >= 0.3 is 0 Å². The Kier molecular flexibility index (Phi) is 6.06. The maximum absolute atomic E-state index is 11.4. The number of nitrogens with zero attached hydrogens (tertiary/aromatic N) is 4. The lowest BCUT2D eigenvalue weighted by Crippen LogP contribution is -2.36. The first kappa shape index (κ1) is 19.8. The van der Waals surface area contributed by atoms with E-state index < -0.39 is 0 Å². The fourth-order valence-electron chi connectivity index (χ4n) is 3.29. The molecule has 0 aliphatic carbocycles. The van der Waals surface area contributed by atoms with Crippen LogP contribution in [0.15, 0.2) is 42.9 Å². The van der Waals surface area contributed by atoms with Gasteiger partial charge in [0.05, 0.1) is 28.9 Å². The number of piperidine rings is 1. The molecule has 1 saturated heterocycles.